The molecule has 4 aromatic rings. The zero-order valence-corrected chi connectivity index (χ0v) is 21.4. The lowest BCUT2D eigenvalue weighted by Gasteiger charge is -2.28. The van der Waals surface area contributed by atoms with E-state index < -0.39 is 6.16 Å². The van der Waals surface area contributed by atoms with Crippen molar-refractivity contribution in [3.63, 3.8) is 0 Å². The fraction of sp³-hybridized carbons (Fsp3) is 0.308. The van der Waals surface area contributed by atoms with Crippen molar-refractivity contribution in [3.05, 3.63) is 65.0 Å². The fourth-order valence-electron chi connectivity index (χ4n) is 4.66. The third-order valence-electron chi connectivity index (χ3n) is 6.43. The van der Waals surface area contributed by atoms with Gasteiger partial charge in [-0.2, -0.15) is 9.61 Å². The number of rotatable bonds is 5. The minimum absolute atomic E-state index is 0.381. The summed E-state index contributed by atoms with van der Waals surface area (Å²) in [6, 6.07) is 14.3. The summed E-state index contributed by atoms with van der Waals surface area (Å²) in [4.78, 5) is 18.3. The third-order valence-corrected chi connectivity index (χ3v) is 7.24. The predicted molar refractivity (Wildman–Crippen MR) is 141 cm³/mol. The second kappa shape index (κ2) is 11.5. The molecule has 0 aliphatic heterocycles. The molecule has 10 heteroatoms. The first-order valence-corrected chi connectivity index (χ1v) is 12.4. The zero-order chi connectivity index (χ0) is 25.7. The van der Waals surface area contributed by atoms with Crippen molar-refractivity contribution >= 4 is 33.6 Å². The molecule has 3 heterocycles. The number of anilines is 1. The number of nitrogens with two attached hydrogens (primary N) is 1. The van der Waals surface area contributed by atoms with Crippen LogP contribution in [0.5, 0.6) is 0 Å². The minimum atomic E-state index is -1.83. The van der Waals surface area contributed by atoms with Gasteiger partial charge in [0.2, 0.25) is 0 Å². The number of ether oxygens (including phenoxy) is 1. The van der Waals surface area contributed by atoms with Gasteiger partial charge in [0, 0.05) is 42.5 Å². The first kappa shape index (κ1) is 25.6. The Balaban J connectivity index is 0.000000709. The molecule has 1 saturated carbocycles. The van der Waals surface area contributed by atoms with Crippen molar-refractivity contribution in [1.82, 2.24) is 19.6 Å². The Morgan fingerprint density at radius 1 is 1.08 bits per heavy atom. The van der Waals surface area contributed by atoms with Crippen molar-refractivity contribution < 1.29 is 19.7 Å². The van der Waals surface area contributed by atoms with Crippen LogP contribution in [0.3, 0.4) is 0 Å². The molecule has 4 N–H and O–H groups in total. The number of nitrogen functional groups attached to an aromatic ring is 1. The molecule has 0 spiro atoms. The average molecular weight is 554 g/mol. The van der Waals surface area contributed by atoms with E-state index in [9.17, 15) is 0 Å². The van der Waals surface area contributed by atoms with Crippen molar-refractivity contribution in [2.75, 3.05) is 19.5 Å². The van der Waals surface area contributed by atoms with Crippen LogP contribution in [0.2, 0.25) is 0 Å². The van der Waals surface area contributed by atoms with Crippen LogP contribution in [0.4, 0.5) is 10.6 Å². The summed E-state index contributed by atoms with van der Waals surface area (Å²) in [5, 5.41) is 18.5. The molecule has 9 nitrogen and oxygen atoms in total. The van der Waals surface area contributed by atoms with Crippen LogP contribution >= 0.6 is 15.9 Å². The molecule has 36 heavy (non-hydrogen) atoms. The second-order valence-electron chi connectivity index (χ2n) is 8.74. The molecule has 3 aromatic heterocycles. The van der Waals surface area contributed by atoms with Crippen molar-refractivity contribution in [1.29, 1.82) is 0 Å². The van der Waals surface area contributed by atoms with Gasteiger partial charge in [-0.15, -0.1) is 0 Å². The third kappa shape index (κ3) is 5.66. The molecule has 0 saturated heterocycles. The first-order valence-electron chi connectivity index (χ1n) is 11.6. The van der Waals surface area contributed by atoms with Crippen LogP contribution in [0.1, 0.15) is 37.3 Å². The summed E-state index contributed by atoms with van der Waals surface area (Å²) in [5.41, 5.74) is 12.2. The lowest BCUT2D eigenvalue weighted by Crippen LogP contribution is -2.19. The quantitative estimate of drug-likeness (QED) is 0.276. The van der Waals surface area contributed by atoms with E-state index in [1.807, 2.05) is 36.7 Å². The highest BCUT2D eigenvalue weighted by molar-refractivity contribution is 9.10. The van der Waals surface area contributed by atoms with Crippen molar-refractivity contribution in [3.8, 4) is 22.4 Å². The Morgan fingerprint density at radius 3 is 2.39 bits per heavy atom. The van der Waals surface area contributed by atoms with Gasteiger partial charge in [0.25, 0.3) is 0 Å². The predicted octanol–water partition coefficient (Wildman–Crippen LogP) is 5.95. The summed E-state index contributed by atoms with van der Waals surface area (Å²) in [5.74, 6) is 1.60. The molecule has 0 amide bonds. The van der Waals surface area contributed by atoms with Crippen molar-refractivity contribution in [2.45, 2.75) is 31.6 Å². The highest BCUT2D eigenvalue weighted by atomic mass is 79.9. The number of carboxylic acid groups (broad SMARTS) is 2. The fourth-order valence-corrected chi connectivity index (χ4v) is 5.24. The van der Waals surface area contributed by atoms with Gasteiger partial charge in [-0.1, -0.05) is 36.4 Å². The maximum Gasteiger partial charge on any atom is 0.503 e. The number of pyridine rings is 1. The van der Waals surface area contributed by atoms with E-state index in [0.29, 0.717) is 17.7 Å². The lowest BCUT2D eigenvalue weighted by atomic mass is 9.80. The van der Waals surface area contributed by atoms with Gasteiger partial charge in [-0.25, -0.2) is 9.78 Å². The Hall–Kier alpha value is -3.50. The van der Waals surface area contributed by atoms with E-state index in [4.69, 9.17) is 30.5 Å². The van der Waals surface area contributed by atoms with Gasteiger partial charge < -0.3 is 20.7 Å². The summed E-state index contributed by atoms with van der Waals surface area (Å²) in [6.07, 6.45) is 6.35. The van der Waals surface area contributed by atoms with Gasteiger partial charge in [0.05, 0.1) is 22.1 Å². The van der Waals surface area contributed by atoms with Crippen LogP contribution in [0, 0.1) is 5.92 Å². The normalized spacial score (nSPS) is 17.4. The van der Waals surface area contributed by atoms with Gasteiger partial charge >= 0.3 is 6.16 Å². The summed E-state index contributed by atoms with van der Waals surface area (Å²) < 4.78 is 7.92. The summed E-state index contributed by atoms with van der Waals surface area (Å²) in [6.45, 7) is 0.835. The van der Waals surface area contributed by atoms with Crippen LogP contribution in [-0.4, -0.2) is 49.7 Å². The van der Waals surface area contributed by atoms with Gasteiger partial charge in [-0.3, -0.25) is 4.98 Å². The molecule has 1 aromatic carbocycles. The molecule has 0 atom stereocenters. The Morgan fingerprint density at radius 2 is 1.78 bits per heavy atom. The van der Waals surface area contributed by atoms with Gasteiger partial charge in [0.1, 0.15) is 5.82 Å². The summed E-state index contributed by atoms with van der Waals surface area (Å²) >= 11 is 3.70. The molecule has 0 unspecified atom stereocenters. The molecule has 0 radical (unpaired) electrons. The van der Waals surface area contributed by atoms with E-state index in [0.717, 1.165) is 70.5 Å². The highest BCUT2D eigenvalue weighted by Gasteiger charge is 2.27. The number of fused-ring (bicyclic) bond motifs is 1. The number of halogens is 1. The van der Waals surface area contributed by atoms with Crippen LogP contribution in [-0.2, 0) is 4.74 Å². The largest absolute Gasteiger partial charge is 0.503 e. The second-order valence-corrected chi connectivity index (χ2v) is 9.54. The molecule has 1 aliphatic rings. The van der Waals surface area contributed by atoms with Gasteiger partial charge in [0.15, 0.2) is 5.65 Å². The summed E-state index contributed by atoms with van der Waals surface area (Å²) in [7, 11) is 1.78. The number of carbonyl (C=O) groups is 1. The smallest absolute Gasteiger partial charge is 0.450 e. The Kier molecular flexibility index (Phi) is 8.17. The SMILES string of the molecule is COCC1CCC(c2nc3c(-c4ccc(-c5ccccc5)nc4)cnn3c(N)c2Br)CC1.O=C(O)O. The van der Waals surface area contributed by atoms with E-state index >= 15 is 0 Å². The highest BCUT2D eigenvalue weighted by Crippen LogP contribution is 2.40. The molecular weight excluding hydrogens is 526 g/mol. The molecular formula is C26H28BrN5O4. The van der Waals surface area contributed by atoms with Crippen LogP contribution < -0.4 is 5.73 Å². The number of nitrogens with zero attached hydrogens (tertiary/aromatic N) is 4. The van der Waals surface area contributed by atoms with E-state index in [-0.39, 0.29) is 0 Å². The maximum atomic E-state index is 8.56. The van der Waals surface area contributed by atoms with E-state index in [1.165, 1.54) is 0 Å². The number of aromatic nitrogens is 4. The molecule has 0 bridgehead atoms. The van der Waals surface area contributed by atoms with Crippen LogP contribution in [0.15, 0.2) is 59.3 Å². The lowest BCUT2D eigenvalue weighted by molar-refractivity contribution is 0.127. The number of methoxy groups -OCH3 is 1. The monoisotopic (exact) mass is 553 g/mol. The zero-order valence-electron chi connectivity index (χ0n) is 19.8. The standard InChI is InChI=1S/C25H26BrN5O.CH2O3/c1-32-15-16-7-9-18(10-8-16)23-22(26)24(27)31-25(30-23)20(14-29-31)19-11-12-21(28-13-19)17-5-3-2-4-6-17;2-1(3)4/h2-6,11-14,16,18H,7-10,15,27H2,1H3;(H2,2,3,4). The van der Waals surface area contributed by atoms with Crippen LogP contribution in [0.25, 0.3) is 28.0 Å². The number of hydrogen-bond donors (Lipinski definition) is 3. The molecule has 1 fully saturated rings. The van der Waals surface area contributed by atoms with E-state index in [1.54, 1.807) is 11.6 Å². The molecule has 188 valence electrons. The molecule has 1 aliphatic carbocycles. The topological polar surface area (TPSA) is 136 Å². The minimum Gasteiger partial charge on any atom is -0.450 e. The molecule has 5 rings (SSSR count). The Labute approximate surface area is 217 Å². The Bertz CT molecular complexity index is 1320. The average Bonchev–Trinajstić information content (AvgIpc) is 3.31. The van der Waals surface area contributed by atoms with Gasteiger partial charge in [-0.05, 0) is 53.6 Å². The number of hydrogen-bond acceptors (Lipinski definition) is 6. The first-order chi connectivity index (χ1) is 17.4. The van der Waals surface area contributed by atoms with E-state index in [2.05, 4.69) is 44.2 Å². The maximum absolute atomic E-state index is 8.56. The van der Waals surface area contributed by atoms with Crippen molar-refractivity contribution in [2.24, 2.45) is 5.92 Å². The number of benzene rings is 1.